The van der Waals surface area contributed by atoms with E-state index in [0.717, 1.165) is 12.1 Å². The van der Waals surface area contributed by atoms with Gasteiger partial charge < -0.3 is 4.90 Å². The predicted molar refractivity (Wildman–Crippen MR) is 72.0 cm³/mol. The van der Waals surface area contributed by atoms with Crippen molar-refractivity contribution in [2.24, 2.45) is 5.92 Å². The lowest BCUT2D eigenvalue weighted by Gasteiger charge is -2.22. The average Bonchev–Trinajstić information content (AvgIpc) is 2.77. The van der Waals surface area contributed by atoms with Crippen molar-refractivity contribution in [3.05, 3.63) is 47.1 Å². The summed E-state index contributed by atoms with van der Waals surface area (Å²) >= 11 is 0. The highest BCUT2D eigenvalue weighted by Crippen LogP contribution is 2.28. The van der Waals surface area contributed by atoms with Gasteiger partial charge in [0.1, 0.15) is 0 Å². The Labute approximate surface area is 104 Å². The van der Waals surface area contributed by atoms with Crippen molar-refractivity contribution in [2.45, 2.75) is 34.1 Å². The number of allylic oxidation sites excluding steroid dienone is 6. The SMILES string of the molecule is CC(=C/F)/C=C(\C)N(C)C1=CC=C(C(C)C)C1. The van der Waals surface area contributed by atoms with E-state index in [4.69, 9.17) is 0 Å². The minimum Gasteiger partial charge on any atom is -0.352 e. The van der Waals surface area contributed by atoms with Crippen LogP contribution in [-0.2, 0) is 0 Å². The van der Waals surface area contributed by atoms with E-state index in [1.54, 1.807) is 6.92 Å². The van der Waals surface area contributed by atoms with E-state index in [9.17, 15) is 4.39 Å². The van der Waals surface area contributed by atoms with Gasteiger partial charge in [-0.05, 0) is 37.5 Å². The van der Waals surface area contributed by atoms with Crippen molar-refractivity contribution in [1.82, 2.24) is 4.90 Å². The molecule has 0 heterocycles. The first kappa shape index (κ1) is 13.8. The van der Waals surface area contributed by atoms with Crippen molar-refractivity contribution in [1.29, 1.82) is 0 Å². The van der Waals surface area contributed by atoms with E-state index >= 15 is 0 Å². The molecule has 0 aliphatic heterocycles. The molecule has 1 aliphatic rings. The summed E-state index contributed by atoms with van der Waals surface area (Å²) in [7, 11) is 2.03. The summed E-state index contributed by atoms with van der Waals surface area (Å²) < 4.78 is 12.3. The Bertz CT molecular complexity index is 397. The third kappa shape index (κ3) is 3.58. The van der Waals surface area contributed by atoms with Gasteiger partial charge in [0.05, 0.1) is 6.33 Å². The fraction of sp³-hybridized carbons (Fsp3) is 0.467. The van der Waals surface area contributed by atoms with E-state index in [0.29, 0.717) is 17.8 Å². The van der Waals surface area contributed by atoms with Crippen LogP contribution in [0.5, 0.6) is 0 Å². The number of halogens is 1. The molecule has 0 atom stereocenters. The fourth-order valence-electron chi connectivity index (χ4n) is 1.84. The lowest BCUT2D eigenvalue weighted by molar-refractivity contribution is 0.503. The van der Waals surface area contributed by atoms with Gasteiger partial charge >= 0.3 is 0 Å². The molecule has 0 saturated carbocycles. The Morgan fingerprint density at radius 1 is 1.35 bits per heavy atom. The second-order valence-corrected chi connectivity index (χ2v) is 4.93. The maximum Gasteiger partial charge on any atom is 0.0896 e. The average molecular weight is 235 g/mol. The van der Waals surface area contributed by atoms with Crippen LogP contribution in [-0.4, -0.2) is 11.9 Å². The van der Waals surface area contributed by atoms with Gasteiger partial charge in [-0.3, -0.25) is 0 Å². The summed E-state index contributed by atoms with van der Waals surface area (Å²) in [6, 6.07) is 0. The smallest absolute Gasteiger partial charge is 0.0896 e. The summed E-state index contributed by atoms with van der Waals surface area (Å²) in [4.78, 5) is 2.12. The molecule has 1 aliphatic carbocycles. The molecule has 0 radical (unpaired) electrons. The van der Waals surface area contributed by atoms with Crippen LogP contribution < -0.4 is 0 Å². The van der Waals surface area contributed by atoms with Crippen molar-refractivity contribution in [3.63, 3.8) is 0 Å². The zero-order valence-electron chi connectivity index (χ0n) is 11.4. The molecule has 0 aromatic carbocycles. The summed E-state index contributed by atoms with van der Waals surface area (Å²) in [5.74, 6) is 0.592. The van der Waals surface area contributed by atoms with Crippen LogP contribution in [0.2, 0.25) is 0 Å². The highest BCUT2D eigenvalue weighted by Gasteiger charge is 2.15. The van der Waals surface area contributed by atoms with Gasteiger partial charge in [0.2, 0.25) is 0 Å². The molecule has 94 valence electrons. The van der Waals surface area contributed by atoms with Gasteiger partial charge in [0.25, 0.3) is 0 Å². The van der Waals surface area contributed by atoms with E-state index in [1.165, 1.54) is 11.3 Å². The van der Waals surface area contributed by atoms with Gasteiger partial charge in [-0.15, -0.1) is 0 Å². The normalized spacial score (nSPS) is 17.4. The van der Waals surface area contributed by atoms with Gasteiger partial charge in [-0.2, -0.15) is 0 Å². The van der Waals surface area contributed by atoms with E-state index in [2.05, 4.69) is 30.9 Å². The number of rotatable bonds is 4. The monoisotopic (exact) mass is 235 g/mol. The van der Waals surface area contributed by atoms with Crippen LogP contribution in [0, 0.1) is 5.92 Å². The standard InChI is InChI=1S/C15H22FN/c1-11(2)14-6-7-15(9-14)17(5)13(4)8-12(3)10-16/h6-8,10-11H,9H2,1-5H3/b12-10-,13-8+. The minimum absolute atomic E-state index is 0.592. The molecule has 1 rings (SSSR count). The number of hydrogen-bond donors (Lipinski definition) is 0. The van der Waals surface area contributed by atoms with Crippen LogP contribution in [0.3, 0.4) is 0 Å². The van der Waals surface area contributed by atoms with E-state index in [-0.39, 0.29) is 0 Å². The first-order valence-corrected chi connectivity index (χ1v) is 6.04. The van der Waals surface area contributed by atoms with Crippen LogP contribution in [0.4, 0.5) is 4.39 Å². The lowest BCUT2D eigenvalue weighted by Crippen LogP contribution is -2.15. The summed E-state index contributed by atoms with van der Waals surface area (Å²) in [5, 5.41) is 0. The van der Waals surface area contributed by atoms with Gasteiger partial charge in [0.15, 0.2) is 0 Å². The first-order chi connectivity index (χ1) is 7.95. The molecule has 0 spiro atoms. The molecule has 0 aromatic heterocycles. The second kappa shape index (κ2) is 5.85. The molecule has 0 fully saturated rings. The maximum atomic E-state index is 12.3. The third-order valence-corrected chi connectivity index (χ3v) is 3.19. The van der Waals surface area contributed by atoms with Gasteiger partial charge in [-0.25, -0.2) is 4.39 Å². The summed E-state index contributed by atoms with van der Waals surface area (Å²) in [6.45, 7) is 8.18. The molecule has 17 heavy (non-hydrogen) atoms. The largest absolute Gasteiger partial charge is 0.352 e. The molecular weight excluding hydrogens is 213 g/mol. The Kier molecular flexibility index (Phi) is 4.73. The minimum atomic E-state index is 0.592. The Hall–Kier alpha value is -1.31. The topological polar surface area (TPSA) is 3.24 Å². The molecule has 0 saturated heterocycles. The van der Waals surface area contributed by atoms with Gasteiger partial charge in [0, 0.05) is 24.9 Å². The molecular formula is C15H22FN. The first-order valence-electron chi connectivity index (χ1n) is 6.04. The number of hydrogen-bond acceptors (Lipinski definition) is 1. The van der Waals surface area contributed by atoms with Crippen LogP contribution in [0.15, 0.2) is 47.1 Å². The Morgan fingerprint density at radius 2 is 2.00 bits per heavy atom. The molecule has 0 unspecified atom stereocenters. The third-order valence-electron chi connectivity index (χ3n) is 3.19. The molecule has 0 aromatic rings. The molecule has 0 amide bonds. The second-order valence-electron chi connectivity index (χ2n) is 4.93. The van der Waals surface area contributed by atoms with Crippen LogP contribution in [0.1, 0.15) is 34.1 Å². The van der Waals surface area contributed by atoms with Crippen molar-refractivity contribution in [2.75, 3.05) is 7.05 Å². The number of nitrogens with zero attached hydrogens (tertiary/aromatic N) is 1. The zero-order chi connectivity index (χ0) is 13.0. The highest BCUT2D eigenvalue weighted by molar-refractivity contribution is 5.33. The lowest BCUT2D eigenvalue weighted by atomic mass is 10.0. The zero-order valence-corrected chi connectivity index (χ0v) is 11.4. The molecule has 1 nitrogen and oxygen atoms in total. The maximum absolute atomic E-state index is 12.3. The molecule has 2 heteroatoms. The van der Waals surface area contributed by atoms with Crippen molar-refractivity contribution in [3.8, 4) is 0 Å². The molecule has 0 bridgehead atoms. The predicted octanol–water partition coefficient (Wildman–Crippen LogP) is 4.57. The Balaban J connectivity index is 2.69. The van der Waals surface area contributed by atoms with E-state index < -0.39 is 0 Å². The van der Waals surface area contributed by atoms with Crippen molar-refractivity contribution >= 4 is 0 Å². The summed E-state index contributed by atoms with van der Waals surface area (Å²) in [6.07, 6.45) is 7.84. The van der Waals surface area contributed by atoms with Crippen molar-refractivity contribution < 1.29 is 4.39 Å². The van der Waals surface area contributed by atoms with E-state index in [1.807, 2.05) is 20.0 Å². The quantitative estimate of drug-likeness (QED) is 0.645. The Morgan fingerprint density at radius 3 is 2.47 bits per heavy atom. The van der Waals surface area contributed by atoms with Gasteiger partial charge in [-0.1, -0.05) is 25.5 Å². The van der Waals surface area contributed by atoms with Crippen LogP contribution in [0.25, 0.3) is 0 Å². The summed E-state index contributed by atoms with van der Waals surface area (Å²) in [5.41, 5.74) is 4.43. The highest BCUT2D eigenvalue weighted by atomic mass is 19.1. The molecule has 0 N–H and O–H groups in total. The van der Waals surface area contributed by atoms with Crippen LogP contribution >= 0.6 is 0 Å². The fourth-order valence-corrected chi connectivity index (χ4v) is 1.84.